The van der Waals surface area contributed by atoms with E-state index in [-0.39, 0.29) is 17.9 Å². The molecule has 7 heteroatoms. The van der Waals surface area contributed by atoms with E-state index in [1.807, 2.05) is 48.5 Å². The molecule has 0 spiro atoms. The molecule has 1 aliphatic carbocycles. The van der Waals surface area contributed by atoms with Crippen LogP contribution >= 0.6 is 11.3 Å². The summed E-state index contributed by atoms with van der Waals surface area (Å²) in [5, 5.41) is 14.9. The molecule has 1 aliphatic rings. The van der Waals surface area contributed by atoms with Crippen LogP contribution in [0.25, 0.3) is 10.8 Å². The number of fused-ring (bicyclic) bond motifs is 1. The Bertz CT molecular complexity index is 1470. The standard InChI is InChI=1S/C33H37BN2O3S/c1-33(2,3)23-9-12-25(13-10-23)39-26-11-8-22-17-30(36-29(28(22)19-26)16-21-6-4-5-7-21)32(38)35-24(20-37)18-27-14-15-31(34)40-27/h8-15,17,19,21,24,37H,4-7,16,18,20H2,1-3H3,(H,35,38)/t24-/m0/s1. The van der Waals surface area contributed by atoms with Gasteiger partial charge < -0.3 is 15.2 Å². The number of rotatable bonds is 9. The van der Waals surface area contributed by atoms with E-state index in [2.05, 4.69) is 38.2 Å². The summed E-state index contributed by atoms with van der Waals surface area (Å²) in [6.07, 6.45) is 6.21. The highest BCUT2D eigenvalue weighted by Crippen LogP contribution is 2.33. The van der Waals surface area contributed by atoms with E-state index < -0.39 is 6.04 Å². The lowest BCUT2D eigenvalue weighted by Gasteiger charge is -2.19. The Hall–Kier alpha value is -3.16. The third kappa shape index (κ3) is 6.94. The molecule has 0 bridgehead atoms. The number of nitrogens with one attached hydrogen (secondary N) is 1. The zero-order chi connectivity index (χ0) is 28.3. The van der Waals surface area contributed by atoms with E-state index in [1.165, 1.54) is 42.6 Å². The molecule has 1 amide bonds. The zero-order valence-corrected chi connectivity index (χ0v) is 24.4. The lowest BCUT2D eigenvalue weighted by Crippen LogP contribution is -2.39. The molecule has 2 radical (unpaired) electrons. The second-order valence-corrected chi connectivity index (χ2v) is 13.1. The molecule has 4 aromatic rings. The maximum Gasteiger partial charge on any atom is 0.270 e. The van der Waals surface area contributed by atoms with Crippen LogP contribution in [-0.2, 0) is 18.3 Å². The Morgan fingerprint density at radius 3 is 2.45 bits per heavy atom. The van der Waals surface area contributed by atoms with Gasteiger partial charge in [0.15, 0.2) is 0 Å². The number of benzene rings is 2. The Morgan fingerprint density at radius 1 is 1.07 bits per heavy atom. The number of amides is 1. The predicted octanol–water partition coefficient (Wildman–Crippen LogP) is 6.25. The molecule has 2 N–H and O–H groups in total. The van der Waals surface area contributed by atoms with Gasteiger partial charge in [0, 0.05) is 22.4 Å². The highest BCUT2D eigenvalue weighted by Gasteiger charge is 2.21. The normalized spacial score (nSPS) is 14.9. The van der Waals surface area contributed by atoms with Crippen LogP contribution in [0.2, 0.25) is 0 Å². The Kier molecular flexibility index (Phi) is 8.62. The number of pyridine rings is 1. The van der Waals surface area contributed by atoms with Crippen molar-refractivity contribution in [2.75, 3.05) is 6.61 Å². The van der Waals surface area contributed by atoms with Crippen molar-refractivity contribution in [1.82, 2.24) is 10.3 Å². The van der Waals surface area contributed by atoms with Gasteiger partial charge in [-0.25, -0.2) is 4.98 Å². The Morgan fingerprint density at radius 2 is 1.80 bits per heavy atom. The van der Waals surface area contributed by atoms with Gasteiger partial charge in [0.1, 0.15) is 25.0 Å². The van der Waals surface area contributed by atoms with Crippen molar-refractivity contribution in [2.24, 2.45) is 5.92 Å². The first-order valence-electron chi connectivity index (χ1n) is 14.2. The van der Waals surface area contributed by atoms with Crippen molar-refractivity contribution in [1.29, 1.82) is 0 Å². The first-order chi connectivity index (χ1) is 19.2. The average Bonchev–Trinajstić information content (AvgIpc) is 3.59. The SMILES string of the molecule is [B]c1ccc(C[C@@H](CO)NC(=O)c2cc3ccc(Oc4ccc(C(C)(C)C)cc4)cc3c(CC3CCCC3)n2)s1. The van der Waals surface area contributed by atoms with Crippen LogP contribution in [0, 0.1) is 5.92 Å². The fourth-order valence-corrected chi connectivity index (χ4v) is 6.31. The summed E-state index contributed by atoms with van der Waals surface area (Å²) in [5.74, 6) is 1.82. The minimum absolute atomic E-state index is 0.0848. The highest BCUT2D eigenvalue weighted by molar-refractivity contribution is 7.20. The van der Waals surface area contributed by atoms with E-state index in [0.29, 0.717) is 18.0 Å². The fraction of sp³-hybridized carbons (Fsp3) is 0.394. The number of ether oxygens (including phenoxy) is 1. The van der Waals surface area contributed by atoms with Crippen molar-refractivity contribution in [3.8, 4) is 11.5 Å². The second-order valence-electron chi connectivity index (χ2n) is 11.9. The fourth-order valence-electron chi connectivity index (χ4n) is 5.45. The molecule has 40 heavy (non-hydrogen) atoms. The summed E-state index contributed by atoms with van der Waals surface area (Å²) in [4.78, 5) is 19.2. The maximum absolute atomic E-state index is 13.3. The molecule has 2 aromatic heterocycles. The van der Waals surface area contributed by atoms with Gasteiger partial charge in [0.25, 0.3) is 5.91 Å². The summed E-state index contributed by atoms with van der Waals surface area (Å²) in [7, 11) is 5.85. The predicted molar refractivity (Wildman–Crippen MR) is 164 cm³/mol. The van der Waals surface area contributed by atoms with E-state index in [4.69, 9.17) is 17.6 Å². The van der Waals surface area contributed by atoms with Gasteiger partial charge in [-0.05, 0) is 69.9 Å². The Balaban J connectivity index is 1.40. The average molecular weight is 553 g/mol. The Labute approximate surface area is 242 Å². The lowest BCUT2D eigenvalue weighted by molar-refractivity contribution is 0.0911. The van der Waals surface area contributed by atoms with Gasteiger partial charge in [-0.1, -0.05) is 70.7 Å². The summed E-state index contributed by atoms with van der Waals surface area (Å²) in [5.41, 5.74) is 2.64. The van der Waals surface area contributed by atoms with Crippen LogP contribution < -0.4 is 14.8 Å². The van der Waals surface area contributed by atoms with Crippen LogP contribution in [-0.4, -0.2) is 36.5 Å². The molecule has 5 rings (SSSR count). The lowest BCUT2D eigenvalue weighted by atomic mass is 9.87. The molecule has 5 nitrogen and oxygen atoms in total. The molecule has 0 saturated heterocycles. The molecular weight excluding hydrogens is 515 g/mol. The third-order valence-electron chi connectivity index (χ3n) is 7.71. The van der Waals surface area contributed by atoms with Crippen molar-refractivity contribution < 1.29 is 14.6 Å². The van der Waals surface area contributed by atoms with Crippen molar-refractivity contribution >= 4 is 40.6 Å². The van der Waals surface area contributed by atoms with Crippen molar-refractivity contribution in [3.63, 3.8) is 0 Å². The van der Waals surface area contributed by atoms with Crippen LogP contribution in [0.15, 0.2) is 60.7 Å². The second kappa shape index (κ2) is 12.2. The molecule has 2 aromatic carbocycles. The van der Waals surface area contributed by atoms with E-state index in [9.17, 15) is 9.90 Å². The topological polar surface area (TPSA) is 71.5 Å². The van der Waals surface area contributed by atoms with Gasteiger partial charge in [-0.2, -0.15) is 11.3 Å². The van der Waals surface area contributed by atoms with Gasteiger partial charge in [0.05, 0.1) is 12.6 Å². The molecule has 2 heterocycles. The number of hydrogen-bond acceptors (Lipinski definition) is 5. The van der Waals surface area contributed by atoms with Crippen LogP contribution in [0.1, 0.15) is 73.1 Å². The third-order valence-corrected chi connectivity index (χ3v) is 8.65. The van der Waals surface area contributed by atoms with Crippen molar-refractivity contribution in [2.45, 2.75) is 70.8 Å². The molecule has 1 fully saturated rings. The minimum atomic E-state index is -0.415. The van der Waals surface area contributed by atoms with E-state index in [0.717, 1.165) is 44.0 Å². The number of aromatic nitrogens is 1. The highest BCUT2D eigenvalue weighted by atomic mass is 32.1. The molecule has 0 aliphatic heterocycles. The number of carbonyl (C=O) groups excluding carboxylic acids is 1. The van der Waals surface area contributed by atoms with Gasteiger partial charge in [-0.3, -0.25) is 4.79 Å². The first kappa shape index (κ1) is 28.4. The zero-order valence-electron chi connectivity index (χ0n) is 23.6. The number of aliphatic hydroxyl groups is 1. The monoisotopic (exact) mass is 552 g/mol. The largest absolute Gasteiger partial charge is 0.457 e. The summed E-state index contributed by atoms with van der Waals surface area (Å²) in [6, 6.07) is 19.4. The van der Waals surface area contributed by atoms with Crippen molar-refractivity contribution in [3.05, 3.63) is 82.5 Å². The maximum atomic E-state index is 13.3. The van der Waals surface area contributed by atoms with Gasteiger partial charge in [0.2, 0.25) is 0 Å². The first-order valence-corrected chi connectivity index (χ1v) is 15.0. The summed E-state index contributed by atoms with van der Waals surface area (Å²) < 4.78 is 6.96. The molecule has 1 saturated carbocycles. The minimum Gasteiger partial charge on any atom is -0.457 e. The number of aliphatic hydroxyl groups excluding tert-OH is 1. The van der Waals surface area contributed by atoms with Crippen LogP contribution in [0.4, 0.5) is 0 Å². The molecular formula is C33H37BN2O3S. The van der Waals surface area contributed by atoms with Gasteiger partial charge >= 0.3 is 0 Å². The number of nitrogens with zero attached hydrogens (tertiary/aromatic N) is 1. The number of hydrogen-bond donors (Lipinski definition) is 2. The molecule has 0 unspecified atom stereocenters. The van der Waals surface area contributed by atoms with E-state index in [1.54, 1.807) is 0 Å². The molecule has 1 atom stereocenters. The number of thiophene rings is 1. The summed E-state index contributed by atoms with van der Waals surface area (Å²) >= 11 is 1.47. The molecule has 206 valence electrons. The summed E-state index contributed by atoms with van der Waals surface area (Å²) in [6.45, 7) is 6.43. The quantitative estimate of drug-likeness (QED) is 0.241. The van der Waals surface area contributed by atoms with Crippen LogP contribution in [0.3, 0.4) is 0 Å². The van der Waals surface area contributed by atoms with E-state index >= 15 is 0 Å². The van der Waals surface area contributed by atoms with Gasteiger partial charge in [-0.15, -0.1) is 0 Å². The number of carbonyl (C=O) groups is 1. The smallest absolute Gasteiger partial charge is 0.270 e. The van der Waals surface area contributed by atoms with Crippen LogP contribution in [0.5, 0.6) is 11.5 Å².